The second-order valence-electron chi connectivity index (χ2n) is 4.38. The molecule has 2 rings (SSSR count). The van der Waals surface area contributed by atoms with Gasteiger partial charge in [0.1, 0.15) is 0 Å². The van der Waals surface area contributed by atoms with E-state index in [4.69, 9.17) is 5.73 Å². The molecule has 1 aliphatic rings. The molecule has 1 atom stereocenters. The first-order valence-corrected chi connectivity index (χ1v) is 5.78. The molecule has 0 spiro atoms. The van der Waals surface area contributed by atoms with Crippen LogP contribution in [0.5, 0.6) is 0 Å². The summed E-state index contributed by atoms with van der Waals surface area (Å²) in [6, 6.07) is 5.93. The highest BCUT2D eigenvalue weighted by molar-refractivity contribution is 5.79. The van der Waals surface area contributed by atoms with Crippen molar-refractivity contribution in [2.24, 2.45) is 5.73 Å². The molecular formula is C12H18N4O. The minimum Gasteiger partial charge on any atom is -0.339 e. The van der Waals surface area contributed by atoms with Gasteiger partial charge in [-0.25, -0.2) is 0 Å². The molecule has 2 heterocycles. The van der Waals surface area contributed by atoms with Gasteiger partial charge in [0.15, 0.2) is 0 Å². The lowest BCUT2D eigenvalue weighted by Gasteiger charge is -2.38. The fourth-order valence-electron chi connectivity index (χ4n) is 2.07. The maximum Gasteiger partial charge on any atom is 0.236 e. The van der Waals surface area contributed by atoms with E-state index in [1.54, 1.807) is 11.1 Å². The first-order valence-electron chi connectivity index (χ1n) is 5.78. The number of rotatable bonds is 3. The third kappa shape index (κ3) is 2.81. The number of nitrogens with zero attached hydrogens (tertiary/aromatic N) is 3. The van der Waals surface area contributed by atoms with Crippen LogP contribution in [0.15, 0.2) is 24.4 Å². The van der Waals surface area contributed by atoms with E-state index in [0.29, 0.717) is 19.6 Å². The molecule has 1 aromatic heterocycles. The van der Waals surface area contributed by atoms with E-state index >= 15 is 0 Å². The number of aromatic nitrogens is 1. The molecule has 2 N–H and O–H groups in total. The molecule has 5 heteroatoms. The molecule has 0 saturated carbocycles. The quantitative estimate of drug-likeness (QED) is 0.779. The lowest BCUT2D eigenvalue weighted by Crippen LogP contribution is -2.56. The fourth-order valence-corrected chi connectivity index (χ4v) is 2.07. The molecule has 1 aliphatic heterocycles. The SMILES string of the molecule is CN1C(=O)CN(Cc2ccccn2)CC1CN. The van der Waals surface area contributed by atoms with Gasteiger partial charge in [-0.15, -0.1) is 0 Å². The van der Waals surface area contributed by atoms with Crippen LogP contribution in [0.1, 0.15) is 5.69 Å². The van der Waals surface area contributed by atoms with Gasteiger partial charge in [-0.3, -0.25) is 14.7 Å². The Hall–Kier alpha value is -1.46. The molecular weight excluding hydrogens is 216 g/mol. The number of pyridine rings is 1. The Morgan fingerprint density at radius 3 is 3.00 bits per heavy atom. The van der Waals surface area contributed by atoms with E-state index in [1.165, 1.54) is 0 Å². The molecule has 1 amide bonds. The average Bonchev–Trinajstić information content (AvgIpc) is 2.35. The number of carbonyl (C=O) groups excluding carboxylic acids is 1. The number of hydrogen-bond acceptors (Lipinski definition) is 4. The summed E-state index contributed by atoms with van der Waals surface area (Å²) >= 11 is 0. The van der Waals surface area contributed by atoms with Gasteiger partial charge < -0.3 is 10.6 Å². The number of likely N-dealkylation sites (N-methyl/N-ethyl adjacent to an activating group) is 1. The van der Waals surface area contributed by atoms with Gasteiger partial charge in [0.2, 0.25) is 5.91 Å². The molecule has 92 valence electrons. The zero-order valence-electron chi connectivity index (χ0n) is 10.0. The topological polar surface area (TPSA) is 62.5 Å². The molecule has 0 radical (unpaired) electrons. The Bertz CT molecular complexity index is 381. The minimum absolute atomic E-state index is 0.111. The van der Waals surface area contributed by atoms with E-state index in [0.717, 1.165) is 12.2 Å². The largest absolute Gasteiger partial charge is 0.339 e. The molecule has 1 saturated heterocycles. The number of piperazine rings is 1. The van der Waals surface area contributed by atoms with E-state index < -0.39 is 0 Å². The van der Waals surface area contributed by atoms with Crippen LogP contribution in [-0.2, 0) is 11.3 Å². The third-order valence-corrected chi connectivity index (χ3v) is 3.15. The number of nitrogens with two attached hydrogens (primary N) is 1. The van der Waals surface area contributed by atoms with E-state index in [1.807, 2.05) is 25.2 Å². The van der Waals surface area contributed by atoms with Gasteiger partial charge in [-0.05, 0) is 12.1 Å². The molecule has 17 heavy (non-hydrogen) atoms. The zero-order chi connectivity index (χ0) is 12.3. The van der Waals surface area contributed by atoms with Crippen LogP contribution in [0.2, 0.25) is 0 Å². The third-order valence-electron chi connectivity index (χ3n) is 3.15. The van der Waals surface area contributed by atoms with E-state index in [-0.39, 0.29) is 11.9 Å². The van der Waals surface area contributed by atoms with Crippen LogP contribution in [0.3, 0.4) is 0 Å². The lowest BCUT2D eigenvalue weighted by atomic mass is 10.1. The van der Waals surface area contributed by atoms with Gasteiger partial charge in [0.05, 0.1) is 18.3 Å². The predicted octanol–water partition coefficient (Wildman–Crippen LogP) is -0.317. The summed E-state index contributed by atoms with van der Waals surface area (Å²) in [5, 5.41) is 0. The number of amides is 1. The normalized spacial score (nSPS) is 21.9. The molecule has 0 bridgehead atoms. The van der Waals surface area contributed by atoms with Crippen LogP contribution in [0, 0.1) is 0 Å². The van der Waals surface area contributed by atoms with Crippen molar-refractivity contribution in [3.8, 4) is 0 Å². The van der Waals surface area contributed by atoms with Crippen molar-refractivity contribution in [2.45, 2.75) is 12.6 Å². The van der Waals surface area contributed by atoms with Crippen molar-refractivity contribution in [3.05, 3.63) is 30.1 Å². The lowest BCUT2D eigenvalue weighted by molar-refractivity contribution is -0.137. The Balaban J connectivity index is 2.01. The zero-order valence-corrected chi connectivity index (χ0v) is 10.0. The Morgan fingerprint density at radius 1 is 1.53 bits per heavy atom. The first-order chi connectivity index (χ1) is 8.20. The monoisotopic (exact) mass is 234 g/mol. The van der Waals surface area contributed by atoms with Crippen LogP contribution in [-0.4, -0.2) is 53.4 Å². The van der Waals surface area contributed by atoms with Crippen molar-refractivity contribution >= 4 is 5.91 Å². The van der Waals surface area contributed by atoms with Gasteiger partial charge in [-0.2, -0.15) is 0 Å². The first kappa shape index (κ1) is 12.0. The summed E-state index contributed by atoms with van der Waals surface area (Å²) in [4.78, 5) is 19.9. The van der Waals surface area contributed by atoms with Crippen molar-refractivity contribution in [3.63, 3.8) is 0 Å². The predicted molar refractivity (Wildman–Crippen MR) is 65.1 cm³/mol. The molecule has 1 unspecified atom stereocenters. The average molecular weight is 234 g/mol. The molecule has 1 aromatic rings. The standard InChI is InChI=1S/C12H18N4O/c1-15-11(6-13)8-16(9-12(15)17)7-10-4-2-3-5-14-10/h2-5,11H,6-9,13H2,1H3. The highest BCUT2D eigenvalue weighted by Crippen LogP contribution is 2.10. The fraction of sp³-hybridized carbons (Fsp3) is 0.500. The van der Waals surface area contributed by atoms with Crippen LogP contribution < -0.4 is 5.73 Å². The second kappa shape index (κ2) is 5.25. The maximum absolute atomic E-state index is 11.8. The van der Waals surface area contributed by atoms with Gasteiger partial charge in [0, 0.05) is 32.9 Å². The van der Waals surface area contributed by atoms with E-state index in [9.17, 15) is 4.79 Å². The molecule has 1 fully saturated rings. The Morgan fingerprint density at radius 2 is 2.35 bits per heavy atom. The smallest absolute Gasteiger partial charge is 0.236 e. The van der Waals surface area contributed by atoms with E-state index in [2.05, 4.69) is 9.88 Å². The van der Waals surface area contributed by atoms with Crippen LogP contribution in [0.4, 0.5) is 0 Å². The summed E-state index contributed by atoms with van der Waals surface area (Å²) in [6.45, 7) is 2.47. The summed E-state index contributed by atoms with van der Waals surface area (Å²) < 4.78 is 0. The Labute approximate surface area is 101 Å². The van der Waals surface area contributed by atoms with Gasteiger partial charge in [0.25, 0.3) is 0 Å². The summed E-state index contributed by atoms with van der Waals surface area (Å²) in [5.74, 6) is 0.127. The molecule has 0 aromatic carbocycles. The Kier molecular flexibility index (Phi) is 3.71. The van der Waals surface area contributed by atoms with Gasteiger partial charge in [-0.1, -0.05) is 6.07 Å². The summed E-state index contributed by atoms with van der Waals surface area (Å²) in [6.07, 6.45) is 1.77. The number of carbonyl (C=O) groups is 1. The van der Waals surface area contributed by atoms with Gasteiger partial charge >= 0.3 is 0 Å². The van der Waals surface area contributed by atoms with Crippen molar-refractivity contribution in [1.29, 1.82) is 0 Å². The van der Waals surface area contributed by atoms with Crippen molar-refractivity contribution < 1.29 is 4.79 Å². The van der Waals surface area contributed by atoms with Crippen LogP contribution in [0.25, 0.3) is 0 Å². The summed E-state index contributed by atoms with van der Waals surface area (Å²) in [5.41, 5.74) is 6.66. The maximum atomic E-state index is 11.8. The minimum atomic E-state index is 0.111. The highest BCUT2D eigenvalue weighted by atomic mass is 16.2. The van der Waals surface area contributed by atoms with Crippen LogP contribution >= 0.6 is 0 Å². The van der Waals surface area contributed by atoms with Crippen molar-refractivity contribution in [1.82, 2.24) is 14.8 Å². The van der Waals surface area contributed by atoms with Crippen molar-refractivity contribution in [2.75, 3.05) is 26.7 Å². The summed E-state index contributed by atoms with van der Waals surface area (Å²) in [7, 11) is 1.82. The molecule has 0 aliphatic carbocycles. The number of hydrogen-bond donors (Lipinski definition) is 1. The second-order valence-corrected chi connectivity index (χ2v) is 4.38. The highest BCUT2D eigenvalue weighted by Gasteiger charge is 2.28. The molecule has 5 nitrogen and oxygen atoms in total.